The summed E-state index contributed by atoms with van der Waals surface area (Å²) >= 11 is 6.39. The molecule has 0 aliphatic carbocycles. The minimum atomic E-state index is 0.405. The summed E-state index contributed by atoms with van der Waals surface area (Å²) in [5.41, 5.74) is 2.12. The van der Waals surface area contributed by atoms with E-state index in [1.54, 1.807) is 0 Å². The van der Waals surface area contributed by atoms with Crippen LogP contribution in [0, 0.1) is 0 Å². The zero-order valence-corrected chi connectivity index (χ0v) is 12.9. The molecule has 0 aliphatic heterocycles. The summed E-state index contributed by atoms with van der Waals surface area (Å²) in [6.07, 6.45) is 1.79. The average molecular weight is 273 g/mol. The van der Waals surface area contributed by atoms with Crippen molar-refractivity contribution in [2.45, 2.75) is 32.7 Å². The Kier molecular flexibility index (Phi) is 6.12. The van der Waals surface area contributed by atoms with Crippen LogP contribution in [0.25, 0.3) is 0 Å². The van der Waals surface area contributed by atoms with Crippen molar-refractivity contribution in [1.82, 2.24) is 20.0 Å². The van der Waals surface area contributed by atoms with Crippen molar-refractivity contribution in [2.75, 3.05) is 27.2 Å². The number of rotatable bonds is 7. The number of hydrogen-bond acceptors (Lipinski definition) is 3. The maximum absolute atomic E-state index is 6.39. The summed E-state index contributed by atoms with van der Waals surface area (Å²) in [5, 5.41) is 8.80. The first-order valence-corrected chi connectivity index (χ1v) is 6.95. The molecule has 0 aromatic carbocycles. The Bertz CT molecular complexity index is 373. The van der Waals surface area contributed by atoms with E-state index in [0.717, 1.165) is 42.3 Å². The Balaban J connectivity index is 2.82. The van der Waals surface area contributed by atoms with Gasteiger partial charge in [0.15, 0.2) is 0 Å². The first-order valence-electron chi connectivity index (χ1n) is 6.57. The summed E-state index contributed by atoms with van der Waals surface area (Å²) in [6, 6.07) is 0.405. The van der Waals surface area contributed by atoms with E-state index in [1.165, 1.54) is 0 Å². The Morgan fingerprint density at radius 1 is 1.39 bits per heavy atom. The van der Waals surface area contributed by atoms with Gasteiger partial charge in [0.05, 0.1) is 16.4 Å². The molecule has 0 saturated carbocycles. The summed E-state index contributed by atoms with van der Waals surface area (Å²) in [5.74, 6) is 0. The zero-order chi connectivity index (χ0) is 13.7. The summed E-state index contributed by atoms with van der Waals surface area (Å²) in [7, 11) is 6.15. The van der Waals surface area contributed by atoms with Crippen molar-refractivity contribution in [3.05, 3.63) is 16.4 Å². The highest BCUT2D eigenvalue weighted by atomic mass is 35.5. The van der Waals surface area contributed by atoms with Crippen molar-refractivity contribution in [3.63, 3.8) is 0 Å². The van der Waals surface area contributed by atoms with Gasteiger partial charge in [0.2, 0.25) is 0 Å². The van der Waals surface area contributed by atoms with E-state index in [9.17, 15) is 0 Å². The molecule has 0 radical (unpaired) electrons. The van der Waals surface area contributed by atoms with Crippen LogP contribution in [-0.2, 0) is 19.9 Å². The molecule has 1 heterocycles. The van der Waals surface area contributed by atoms with E-state index in [4.69, 9.17) is 11.6 Å². The van der Waals surface area contributed by atoms with Crippen LogP contribution in [-0.4, -0.2) is 47.9 Å². The zero-order valence-electron chi connectivity index (χ0n) is 12.1. The van der Waals surface area contributed by atoms with Gasteiger partial charge in [-0.05, 0) is 27.1 Å². The lowest BCUT2D eigenvalue weighted by Gasteiger charge is -2.22. The maximum Gasteiger partial charge on any atom is 0.0850 e. The molecule has 0 aliphatic rings. The fraction of sp³-hybridized carbons (Fsp3) is 0.769. The molecule has 1 N–H and O–H groups in total. The van der Waals surface area contributed by atoms with Crippen molar-refractivity contribution >= 4 is 11.6 Å². The number of halogens is 1. The molecular weight excluding hydrogens is 248 g/mol. The number of aromatic nitrogens is 2. The Hall–Kier alpha value is -0.580. The molecule has 0 bridgehead atoms. The van der Waals surface area contributed by atoms with Gasteiger partial charge in [-0.1, -0.05) is 25.4 Å². The average Bonchev–Trinajstić information content (AvgIpc) is 2.56. The molecule has 5 heteroatoms. The standard InChI is InChI=1S/C13H25ClN4/c1-6-11-13(14)12(18(5)16-11)8-10(15-7-2)9-17(3)4/h10,15H,6-9H2,1-5H3. The predicted octanol–water partition coefficient (Wildman–Crippen LogP) is 1.72. The van der Waals surface area contributed by atoms with Crippen LogP contribution in [0.4, 0.5) is 0 Å². The second-order valence-electron chi connectivity index (χ2n) is 4.91. The van der Waals surface area contributed by atoms with Gasteiger partial charge in [-0.25, -0.2) is 0 Å². The van der Waals surface area contributed by atoms with Gasteiger partial charge >= 0.3 is 0 Å². The van der Waals surface area contributed by atoms with E-state index in [0.29, 0.717) is 6.04 Å². The lowest BCUT2D eigenvalue weighted by Crippen LogP contribution is -2.40. The second-order valence-corrected chi connectivity index (χ2v) is 5.28. The third-order valence-corrected chi connectivity index (χ3v) is 3.46. The number of aryl methyl sites for hydroxylation is 2. The molecule has 104 valence electrons. The van der Waals surface area contributed by atoms with Crippen LogP contribution in [0.3, 0.4) is 0 Å². The molecule has 1 atom stereocenters. The second kappa shape index (κ2) is 7.12. The monoisotopic (exact) mass is 272 g/mol. The van der Waals surface area contributed by atoms with Crippen molar-refractivity contribution in [1.29, 1.82) is 0 Å². The van der Waals surface area contributed by atoms with Crippen LogP contribution < -0.4 is 5.32 Å². The van der Waals surface area contributed by atoms with Gasteiger partial charge in [-0.15, -0.1) is 0 Å². The number of hydrogen-bond donors (Lipinski definition) is 1. The molecular formula is C13H25ClN4. The SMILES string of the molecule is CCNC(Cc1c(Cl)c(CC)nn1C)CN(C)C. The fourth-order valence-electron chi connectivity index (χ4n) is 2.21. The molecule has 0 saturated heterocycles. The largest absolute Gasteiger partial charge is 0.313 e. The summed E-state index contributed by atoms with van der Waals surface area (Å²) in [6.45, 7) is 6.18. The molecule has 1 aromatic heterocycles. The van der Waals surface area contributed by atoms with Gasteiger partial charge in [0.1, 0.15) is 0 Å². The van der Waals surface area contributed by atoms with E-state index >= 15 is 0 Å². The number of nitrogens with zero attached hydrogens (tertiary/aromatic N) is 3. The third kappa shape index (κ3) is 3.97. The quantitative estimate of drug-likeness (QED) is 0.821. The van der Waals surface area contributed by atoms with Gasteiger partial charge in [-0.3, -0.25) is 4.68 Å². The molecule has 4 nitrogen and oxygen atoms in total. The van der Waals surface area contributed by atoms with Gasteiger partial charge < -0.3 is 10.2 Å². The number of nitrogens with one attached hydrogen (secondary N) is 1. The lowest BCUT2D eigenvalue weighted by atomic mass is 10.1. The predicted molar refractivity (Wildman–Crippen MR) is 77.3 cm³/mol. The maximum atomic E-state index is 6.39. The van der Waals surface area contributed by atoms with Crippen LogP contribution >= 0.6 is 11.6 Å². The van der Waals surface area contributed by atoms with Crippen molar-refractivity contribution < 1.29 is 0 Å². The number of likely N-dealkylation sites (N-methyl/N-ethyl adjacent to an activating group) is 2. The normalized spacial score (nSPS) is 13.3. The van der Waals surface area contributed by atoms with Crippen LogP contribution in [0.5, 0.6) is 0 Å². The van der Waals surface area contributed by atoms with Gasteiger partial charge in [-0.2, -0.15) is 5.10 Å². The van der Waals surface area contributed by atoms with E-state index in [1.807, 2.05) is 11.7 Å². The Morgan fingerprint density at radius 3 is 2.50 bits per heavy atom. The van der Waals surface area contributed by atoms with Crippen molar-refractivity contribution in [2.24, 2.45) is 7.05 Å². The molecule has 1 aromatic rings. The van der Waals surface area contributed by atoms with Gasteiger partial charge in [0.25, 0.3) is 0 Å². The van der Waals surface area contributed by atoms with Crippen LogP contribution in [0.15, 0.2) is 0 Å². The van der Waals surface area contributed by atoms with Gasteiger partial charge in [0, 0.05) is 26.1 Å². The molecule has 0 spiro atoms. The topological polar surface area (TPSA) is 33.1 Å². The molecule has 18 heavy (non-hydrogen) atoms. The van der Waals surface area contributed by atoms with E-state index in [2.05, 4.69) is 43.3 Å². The highest BCUT2D eigenvalue weighted by Gasteiger charge is 2.17. The molecule has 0 amide bonds. The summed E-state index contributed by atoms with van der Waals surface area (Å²) in [4.78, 5) is 2.19. The molecule has 1 unspecified atom stereocenters. The van der Waals surface area contributed by atoms with Crippen LogP contribution in [0.2, 0.25) is 5.02 Å². The minimum Gasteiger partial charge on any atom is -0.313 e. The van der Waals surface area contributed by atoms with E-state index in [-0.39, 0.29) is 0 Å². The highest BCUT2D eigenvalue weighted by Crippen LogP contribution is 2.22. The Morgan fingerprint density at radius 2 is 2.06 bits per heavy atom. The summed E-state index contributed by atoms with van der Waals surface area (Å²) < 4.78 is 1.92. The Labute approximate surface area is 115 Å². The smallest absolute Gasteiger partial charge is 0.0850 e. The highest BCUT2D eigenvalue weighted by molar-refractivity contribution is 6.31. The first kappa shape index (κ1) is 15.5. The lowest BCUT2D eigenvalue weighted by molar-refractivity contribution is 0.336. The third-order valence-electron chi connectivity index (χ3n) is 3.02. The molecule has 1 rings (SSSR count). The van der Waals surface area contributed by atoms with Crippen LogP contribution in [0.1, 0.15) is 25.2 Å². The first-order chi connectivity index (χ1) is 8.49. The van der Waals surface area contributed by atoms with E-state index < -0.39 is 0 Å². The minimum absolute atomic E-state index is 0.405. The fourth-order valence-corrected chi connectivity index (χ4v) is 2.58. The molecule has 0 fully saturated rings. The van der Waals surface area contributed by atoms with Crippen molar-refractivity contribution in [3.8, 4) is 0 Å².